The molecule has 0 heterocycles. The lowest BCUT2D eigenvalue weighted by Crippen LogP contribution is -2.31. The Morgan fingerprint density at radius 2 is 0.938 bits per heavy atom. The van der Waals surface area contributed by atoms with E-state index in [1.807, 2.05) is 123 Å². The highest BCUT2D eigenvalue weighted by Crippen LogP contribution is 2.44. The first-order valence-electron chi connectivity index (χ1n) is 10.7. The molecule has 2 atom stereocenters. The van der Waals surface area contributed by atoms with Gasteiger partial charge in [0.15, 0.2) is 0 Å². The lowest BCUT2D eigenvalue weighted by atomic mass is 9.85. The van der Waals surface area contributed by atoms with E-state index in [1.54, 1.807) is 0 Å². The average Bonchev–Trinajstić information content (AvgIpc) is 2.78. The first-order chi connectivity index (χ1) is 15.4. The molecule has 0 N–H and O–H groups in total. The number of hydrogen-bond donors (Lipinski definition) is 0. The molecule has 4 rings (SSSR count). The molecule has 0 saturated carbocycles. The van der Waals surface area contributed by atoms with Gasteiger partial charge in [0.2, 0.25) is 0 Å². The largest absolute Gasteiger partial charge is 0.299 e. The zero-order valence-corrected chi connectivity index (χ0v) is 18.9. The Morgan fingerprint density at radius 3 is 1.31 bits per heavy atom. The summed E-state index contributed by atoms with van der Waals surface area (Å²) >= 11 is 0. The van der Waals surface area contributed by atoms with Gasteiger partial charge in [-0.15, -0.1) is 0 Å². The molecule has 0 aliphatic carbocycles. The third kappa shape index (κ3) is 4.04. The fraction of sp³-hybridized carbons (Fsp3) is 0.214. The number of benzene rings is 4. The normalized spacial score (nSPS) is 13.6. The van der Waals surface area contributed by atoms with Gasteiger partial charge in [-0.1, -0.05) is 84.9 Å². The van der Waals surface area contributed by atoms with Crippen LogP contribution in [0, 0.1) is 0 Å². The first-order valence-corrected chi connectivity index (χ1v) is 10.7. The summed E-state index contributed by atoms with van der Waals surface area (Å²) in [4.78, 5) is 3.77. The molecule has 164 valence electrons. The van der Waals surface area contributed by atoms with E-state index in [-0.39, 0.29) is 5.57 Å². The van der Waals surface area contributed by atoms with Crippen LogP contribution in [0.4, 0.5) is 8.78 Å². The van der Waals surface area contributed by atoms with Crippen molar-refractivity contribution in [2.75, 3.05) is 28.2 Å². The molecule has 0 bridgehead atoms. The van der Waals surface area contributed by atoms with E-state index in [9.17, 15) is 8.78 Å². The number of likely N-dealkylation sites (N-methyl/N-ethyl adjacent to an activating group) is 2. The number of rotatable bonds is 6. The summed E-state index contributed by atoms with van der Waals surface area (Å²) in [5.74, 6) is 0. The first kappa shape index (κ1) is 22.1. The summed E-state index contributed by atoms with van der Waals surface area (Å²) in [6.07, 6.45) is -1.64. The Hall–Kier alpha value is -3.08. The third-order valence-electron chi connectivity index (χ3n) is 6.08. The highest BCUT2D eigenvalue weighted by Gasteiger charge is 2.34. The Bertz CT molecular complexity index is 1170. The predicted molar refractivity (Wildman–Crippen MR) is 130 cm³/mol. The Kier molecular flexibility index (Phi) is 6.35. The molecule has 2 unspecified atom stereocenters. The molecule has 0 aromatic heterocycles. The molecule has 4 aromatic carbocycles. The Balaban J connectivity index is 1.98. The number of nitrogens with zero attached hydrogens (tertiary/aromatic N) is 2. The van der Waals surface area contributed by atoms with Gasteiger partial charge in [0.05, 0.1) is 12.1 Å². The minimum atomic E-state index is -1.64. The second kappa shape index (κ2) is 9.19. The summed E-state index contributed by atoms with van der Waals surface area (Å²) in [5.41, 5.74) is 1.86. The van der Waals surface area contributed by atoms with Crippen LogP contribution in [-0.2, 0) is 0 Å². The molecule has 0 saturated heterocycles. The average molecular weight is 431 g/mol. The topological polar surface area (TPSA) is 6.48 Å². The van der Waals surface area contributed by atoms with E-state index >= 15 is 0 Å². The van der Waals surface area contributed by atoms with Crippen molar-refractivity contribution < 1.29 is 8.78 Å². The molecular formula is C28H28F2N2. The molecule has 2 nitrogen and oxygen atoms in total. The lowest BCUT2D eigenvalue weighted by molar-refractivity contribution is 0.246. The van der Waals surface area contributed by atoms with Crippen LogP contribution < -0.4 is 0 Å². The van der Waals surface area contributed by atoms with E-state index in [0.29, 0.717) is 0 Å². The highest BCUT2D eigenvalue weighted by atomic mass is 19.3. The van der Waals surface area contributed by atoms with Gasteiger partial charge >= 0.3 is 0 Å². The van der Waals surface area contributed by atoms with Gasteiger partial charge in [0, 0.05) is 5.57 Å². The molecule has 0 aliphatic rings. The molecule has 4 aromatic rings. The zero-order chi connectivity index (χ0) is 22.8. The van der Waals surface area contributed by atoms with Crippen molar-refractivity contribution in [1.29, 1.82) is 0 Å². The van der Waals surface area contributed by atoms with E-state index in [0.717, 1.165) is 32.7 Å². The van der Waals surface area contributed by atoms with Gasteiger partial charge in [0.25, 0.3) is 6.08 Å². The molecule has 0 radical (unpaired) electrons. The van der Waals surface area contributed by atoms with E-state index in [1.165, 1.54) is 0 Å². The van der Waals surface area contributed by atoms with Crippen LogP contribution in [0.3, 0.4) is 0 Å². The Morgan fingerprint density at radius 1 is 0.562 bits per heavy atom. The van der Waals surface area contributed by atoms with Crippen molar-refractivity contribution >= 4 is 21.5 Å². The fourth-order valence-electron chi connectivity index (χ4n) is 4.78. The Labute approximate surface area is 188 Å². The zero-order valence-electron chi connectivity index (χ0n) is 18.9. The van der Waals surface area contributed by atoms with Crippen molar-refractivity contribution in [2.24, 2.45) is 0 Å². The minimum absolute atomic E-state index is 0.104. The fourth-order valence-corrected chi connectivity index (χ4v) is 4.78. The predicted octanol–water partition coefficient (Wildman–Crippen LogP) is 7.05. The van der Waals surface area contributed by atoms with Crippen LogP contribution in [0.2, 0.25) is 0 Å². The molecular weight excluding hydrogens is 402 g/mol. The molecule has 0 spiro atoms. The maximum absolute atomic E-state index is 14.9. The summed E-state index contributed by atoms with van der Waals surface area (Å²) in [6, 6.07) is 26.6. The van der Waals surface area contributed by atoms with Crippen LogP contribution in [-0.4, -0.2) is 38.0 Å². The van der Waals surface area contributed by atoms with Crippen LogP contribution >= 0.6 is 0 Å². The van der Waals surface area contributed by atoms with Crippen molar-refractivity contribution in [1.82, 2.24) is 9.80 Å². The van der Waals surface area contributed by atoms with Gasteiger partial charge in [-0.25, -0.2) is 0 Å². The molecule has 0 fully saturated rings. The van der Waals surface area contributed by atoms with Crippen molar-refractivity contribution in [2.45, 2.75) is 12.1 Å². The number of fused-ring (bicyclic) bond motifs is 2. The maximum Gasteiger partial charge on any atom is 0.273 e. The van der Waals surface area contributed by atoms with Crippen molar-refractivity contribution in [3.8, 4) is 0 Å². The third-order valence-corrected chi connectivity index (χ3v) is 6.08. The SMILES string of the molecule is CN(C)C(C(=C(F)F)C(c1cccc2ccccc12)N(C)C)c1cccc2ccccc12. The van der Waals surface area contributed by atoms with Gasteiger partial charge in [-0.2, -0.15) is 8.78 Å². The number of halogens is 2. The van der Waals surface area contributed by atoms with Gasteiger partial charge in [-0.3, -0.25) is 9.80 Å². The second-order valence-corrected chi connectivity index (χ2v) is 8.58. The van der Waals surface area contributed by atoms with Crippen molar-refractivity contribution in [3.05, 3.63) is 108 Å². The van der Waals surface area contributed by atoms with Crippen LogP contribution in [0.5, 0.6) is 0 Å². The van der Waals surface area contributed by atoms with Crippen LogP contribution in [0.1, 0.15) is 23.2 Å². The van der Waals surface area contributed by atoms with Gasteiger partial charge in [-0.05, 0) is 60.9 Å². The highest BCUT2D eigenvalue weighted by molar-refractivity contribution is 5.88. The molecule has 32 heavy (non-hydrogen) atoms. The van der Waals surface area contributed by atoms with E-state index in [2.05, 4.69) is 0 Å². The lowest BCUT2D eigenvalue weighted by Gasteiger charge is -2.36. The molecule has 0 amide bonds. The summed E-state index contributed by atoms with van der Waals surface area (Å²) < 4.78 is 29.8. The number of hydrogen-bond acceptors (Lipinski definition) is 2. The standard InChI is InChI=1S/C28H28F2N2/c1-31(2)26(23-17-9-13-19-11-5-7-15-21(19)23)25(28(29)30)27(32(3)4)24-18-10-14-20-12-6-8-16-22(20)24/h5-18,26-27H,1-4H3. The molecule has 0 aliphatic heterocycles. The molecule has 4 heteroatoms. The quantitative estimate of drug-likeness (QED) is 0.323. The van der Waals surface area contributed by atoms with E-state index in [4.69, 9.17) is 0 Å². The van der Waals surface area contributed by atoms with Crippen molar-refractivity contribution in [3.63, 3.8) is 0 Å². The van der Waals surface area contributed by atoms with Crippen LogP contribution in [0.15, 0.2) is 96.6 Å². The smallest absolute Gasteiger partial charge is 0.273 e. The van der Waals surface area contributed by atoms with Gasteiger partial charge in [0.1, 0.15) is 0 Å². The minimum Gasteiger partial charge on any atom is -0.299 e. The summed E-state index contributed by atoms with van der Waals surface area (Å²) in [7, 11) is 7.47. The van der Waals surface area contributed by atoms with E-state index < -0.39 is 18.2 Å². The summed E-state index contributed by atoms with van der Waals surface area (Å²) in [6.45, 7) is 0. The maximum atomic E-state index is 14.9. The van der Waals surface area contributed by atoms with Crippen LogP contribution in [0.25, 0.3) is 21.5 Å². The van der Waals surface area contributed by atoms with Gasteiger partial charge < -0.3 is 0 Å². The second-order valence-electron chi connectivity index (χ2n) is 8.58. The monoisotopic (exact) mass is 430 g/mol. The summed E-state index contributed by atoms with van der Waals surface area (Å²) in [5, 5.41) is 4.06.